The van der Waals surface area contributed by atoms with E-state index < -0.39 is 5.97 Å². The quantitative estimate of drug-likeness (QED) is 0.512. The predicted molar refractivity (Wildman–Crippen MR) is 98.6 cm³/mol. The average Bonchev–Trinajstić information content (AvgIpc) is 3.31. The number of benzene rings is 2. The number of hydrogen-bond donors (Lipinski definition) is 3. The van der Waals surface area contributed by atoms with Gasteiger partial charge >= 0.3 is 5.97 Å². The Morgan fingerprint density at radius 2 is 1.85 bits per heavy atom. The van der Waals surface area contributed by atoms with E-state index in [1.165, 1.54) is 11.3 Å². The van der Waals surface area contributed by atoms with Gasteiger partial charge < -0.3 is 10.4 Å². The van der Waals surface area contributed by atoms with Crippen LogP contribution in [0.3, 0.4) is 0 Å². The lowest BCUT2D eigenvalue weighted by molar-refractivity contribution is 0.0692. The van der Waals surface area contributed by atoms with Gasteiger partial charge in [0.05, 0.1) is 11.0 Å². The topological polar surface area (TPSA) is 108 Å². The fourth-order valence-corrected chi connectivity index (χ4v) is 3.16. The maximum atomic E-state index is 12.0. The largest absolute Gasteiger partial charge is 0.476 e. The minimum absolute atomic E-state index is 0.00616. The van der Waals surface area contributed by atoms with Gasteiger partial charge in [0.2, 0.25) is 0 Å². The number of aromatic amines is 1. The van der Waals surface area contributed by atoms with E-state index in [1.54, 1.807) is 29.1 Å². The molecule has 3 N–H and O–H groups in total. The number of carboxylic acids is 1. The van der Waals surface area contributed by atoms with E-state index in [4.69, 9.17) is 5.11 Å². The van der Waals surface area contributed by atoms with Gasteiger partial charge in [0.15, 0.2) is 5.69 Å². The molecule has 0 radical (unpaired) electrons. The molecule has 4 rings (SSSR count). The molecule has 4 aromatic rings. The van der Waals surface area contributed by atoms with Gasteiger partial charge in [-0.3, -0.25) is 9.89 Å². The van der Waals surface area contributed by atoms with Crippen molar-refractivity contribution in [3.63, 3.8) is 0 Å². The second-order valence-corrected chi connectivity index (χ2v) is 6.26. The SMILES string of the molecule is O=C(Nc1ccc(-c2ccc3c(C(=O)O)n[nH]c3c2)cc1)c1cscn1. The van der Waals surface area contributed by atoms with Gasteiger partial charge in [0.25, 0.3) is 5.91 Å². The Kier molecular flexibility index (Phi) is 3.94. The minimum Gasteiger partial charge on any atom is -0.476 e. The molecule has 0 spiro atoms. The van der Waals surface area contributed by atoms with Crippen molar-refractivity contribution in [3.8, 4) is 11.1 Å². The lowest BCUT2D eigenvalue weighted by atomic mass is 10.0. The molecule has 2 aromatic carbocycles. The Morgan fingerprint density at radius 3 is 2.54 bits per heavy atom. The van der Waals surface area contributed by atoms with Crippen molar-refractivity contribution in [1.29, 1.82) is 0 Å². The van der Waals surface area contributed by atoms with Crippen LogP contribution in [0.25, 0.3) is 22.0 Å². The summed E-state index contributed by atoms with van der Waals surface area (Å²) in [4.78, 5) is 27.1. The number of carboxylic acid groups (broad SMARTS) is 1. The molecule has 128 valence electrons. The molecule has 0 aliphatic carbocycles. The summed E-state index contributed by atoms with van der Waals surface area (Å²) in [5, 5.41) is 20.7. The number of nitrogens with zero attached hydrogens (tertiary/aromatic N) is 2. The molecule has 0 aliphatic rings. The summed E-state index contributed by atoms with van der Waals surface area (Å²) in [6.07, 6.45) is 0. The lowest BCUT2D eigenvalue weighted by Crippen LogP contribution is -2.11. The van der Waals surface area contributed by atoms with Crippen molar-refractivity contribution in [1.82, 2.24) is 15.2 Å². The summed E-state index contributed by atoms with van der Waals surface area (Å²) in [5.41, 5.74) is 5.17. The highest BCUT2D eigenvalue weighted by atomic mass is 32.1. The number of nitrogens with one attached hydrogen (secondary N) is 2. The molecule has 1 amide bonds. The van der Waals surface area contributed by atoms with Gasteiger partial charge in [0, 0.05) is 16.5 Å². The van der Waals surface area contributed by atoms with Crippen LogP contribution in [-0.2, 0) is 0 Å². The number of rotatable bonds is 4. The zero-order valence-electron chi connectivity index (χ0n) is 13.3. The van der Waals surface area contributed by atoms with Crippen LogP contribution in [0, 0.1) is 0 Å². The van der Waals surface area contributed by atoms with Crippen molar-refractivity contribution < 1.29 is 14.7 Å². The Bertz CT molecular complexity index is 1100. The summed E-state index contributed by atoms with van der Waals surface area (Å²) in [5.74, 6) is -1.32. The fourth-order valence-electron chi connectivity index (χ4n) is 2.63. The summed E-state index contributed by atoms with van der Waals surface area (Å²) >= 11 is 1.37. The van der Waals surface area contributed by atoms with E-state index in [2.05, 4.69) is 20.5 Å². The molecular formula is C18H12N4O3S. The van der Waals surface area contributed by atoms with E-state index in [1.807, 2.05) is 24.3 Å². The average molecular weight is 364 g/mol. The monoisotopic (exact) mass is 364 g/mol. The Labute approximate surface area is 151 Å². The summed E-state index contributed by atoms with van der Waals surface area (Å²) in [6.45, 7) is 0. The van der Waals surface area contributed by atoms with Crippen LogP contribution in [-0.4, -0.2) is 32.2 Å². The van der Waals surface area contributed by atoms with Crippen LogP contribution < -0.4 is 5.32 Å². The molecule has 8 heteroatoms. The van der Waals surface area contributed by atoms with Crippen molar-refractivity contribution >= 4 is 39.8 Å². The van der Waals surface area contributed by atoms with Gasteiger partial charge in [-0.05, 0) is 35.4 Å². The van der Waals surface area contributed by atoms with Crippen LogP contribution >= 0.6 is 11.3 Å². The molecule has 26 heavy (non-hydrogen) atoms. The summed E-state index contributed by atoms with van der Waals surface area (Å²) < 4.78 is 0. The van der Waals surface area contributed by atoms with Gasteiger partial charge in [0.1, 0.15) is 5.69 Å². The van der Waals surface area contributed by atoms with E-state index in [0.717, 1.165) is 11.1 Å². The van der Waals surface area contributed by atoms with Crippen LogP contribution in [0.1, 0.15) is 21.0 Å². The first-order valence-corrected chi connectivity index (χ1v) is 8.57. The maximum Gasteiger partial charge on any atom is 0.357 e. The molecule has 7 nitrogen and oxygen atoms in total. The van der Waals surface area contributed by atoms with Crippen LogP contribution in [0.4, 0.5) is 5.69 Å². The van der Waals surface area contributed by atoms with Crippen molar-refractivity contribution in [3.05, 3.63) is 64.7 Å². The van der Waals surface area contributed by atoms with Gasteiger partial charge in [-0.15, -0.1) is 11.3 Å². The minimum atomic E-state index is -1.07. The number of carbonyl (C=O) groups excluding carboxylic acids is 1. The first kappa shape index (κ1) is 16.0. The third-order valence-electron chi connectivity index (χ3n) is 3.91. The smallest absolute Gasteiger partial charge is 0.357 e. The molecule has 0 atom stereocenters. The first-order chi connectivity index (χ1) is 12.6. The zero-order chi connectivity index (χ0) is 18.1. The normalized spacial score (nSPS) is 10.8. The number of aromatic nitrogens is 3. The van der Waals surface area contributed by atoms with Crippen LogP contribution in [0.2, 0.25) is 0 Å². The van der Waals surface area contributed by atoms with E-state index >= 15 is 0 Å². The number of thiazole rings is 1. The van der Waals surface area contributed by atoms with E-state index in [0.29, 0.717) is 22.3 Å². The van der Waals surface area contributed by atoms with Crippen LogP contribution in [0.5, 0.6) is 0 Å². The molecule has 2 aromatic heterocycles. The molecular weight excluding hydrogens is 352 g/mol. The van der Waals surface area contributed by atoms with E-state index in [-0.39, 0.29) is 11.6 Å². The number of carbonyl (C=O) groups is 2. The van der Waals surface area contributed by atoms with Gasteiger partial charge in [-0.2, -0.15) is 5.10 Å². The number of aromatic carboxylic acids is 1. The first-order valence-electron chi connectivity index (χ1n) is 7.63. The molecule has 0 unspecified atom stereocenters. The molecule has 0 fully saturated rings. The number of amides is 1. The highest BCUT2D eigenvalue weighted by Gasteiger charge is 2.13. The molecule has 0 saturated heterocycles. The zero-order valence-corrected chi connectivity index (χ0v) is 14.1. The number of anilines is 1. The number of fused-ring (bicyclic) bond motifs is 1. The Balaban J connectivity index is 1.57. The van der Waals surface area contributed by atoms with Crippen molar-refractivity contribution in [2.45, 2.75) is 0 Å². The van der Waals surface area contributed by atoms with Gasteiger partial charge in [-0.1, -0.05) is 18.2 Å². The predicted octanol–water partition coefficient (Wildman–Crippen LogP) is 3.64. The number of H-pyrrole nitrogens is 1. The second kappa shape index (κ2) is 6.41. The van der Waals surface area contributed by atoms with Crippen molar-refractivity contribution in [2.24, 2.45) is 0 Å². The highest BCUT2D eigenvalue weighted by molar-refractivity contribution is 7.07. The lowest BCUT2D eigenvalue weighted by Gasteiger charge is -2.06. The summed E-state index contributed by atoms with van der Waals surface area (Å²) in [7, 11) is 0. The fraction of sp³-hybridized carbons (Fsp3) is 0. The maximum absolute atomic E-state index is 12.0. The Morgan fingerprint density at radius 1 is 1.08 bits per heavy atom. The molecule has 2 heterocycles. The second-order valence-electron chi connectivity index (χ2n) is 5.54. The third-order valence-corrected chi connectivity index (χ3v) is 4.49. The standard InChI is InChI=1S/C18H12N4O3S/c23-17(15-8-26-9-19-15)20-12-4-1-10(2-5-12)11-3-6-13-14(7-11)21-22-16(13)18(24)25/h1-9H,(H,20,23)(H,21,22)(H,24,25). The van der Waals surface area contributed by atoms with Crippen LogP contribution in [0.15, 0.2) is 53.4 Å². The number of hydrogen-bond acceptors (Lipinski definition) is 5. The molecule has 0 aliphatic heterocycles. The summed E-state index contributed by atoms with van der Waals surface area (Å²) in [6, 6.07) is 12.8. The molecule has 0 saturated carbocycles. The van der Waals surface area contributed by atoms with Crippen molar-refractivity contribution in [2.75, 3.05) is 5.32 Å². The Hall–Kier alpha value is -3.52. The van der Waals surface area contributed by atoms with Gasteiger partial charge in [-0.25, -0.2) is 9.78 Å². The third kappa shape index (κ3) is 2.93. The molecule has 0 bridgehead atoms. The highest BCUT2D eigenvalue weighted by Crippen LogP contribution is 2.26. The van der Waals surface area contributed by atoms with E-state index in [9.17, 15) is 9.59 Å².